The lowest BCUT2D eigenvalue weighted by Crippen LogP contribution is -2.42. The zero-order chi connectivity index (χ0) is 17.9. The summed E-state index contributed by atoms with van der Waals surface area (Å²) >= 11 is 1.61. The van der Waals surface area contributed by atoms with E-state index in [0.29, 0.717) is 17.4 Å². The average Bonchev–Trinajstić information content (AvgIpc) is 3.33. The fraction of sp³-hybridized carbons (Fsp3) is 0.333. The second kappa shape index (κ2) is 7.25. The number of benzene rings is 1. The maximum atomic E-state index is 12.5. The molecule has 0 radical (unpaired) electrons. The van der Waals surface area contributed by atoms with Crippen LogP contribution >= 0.6 is 11.3 Å². The summed E-state index contributed by atoms with van der Waals surface area (Å²) in [5, 5.41) is 6.43. The van der Waals surface area contributed by atoms with Gasteiger partial charge in [-0.05, 0) is 25.0 Å². The molecule has 134 valence electrons. The van der Waals surface area contributed by atoms with Gasteiger partial charge in [0.2, 0.25) is 5.91 Å². The van der Waals surface area contributed by atoms with Gasteiger partial charge < -0.3 is 10.2 Å². The number of aromatic nitrogens is 3. The zero-order valence-electron chi connectivity index (χ0n) is 14.2. The van der Waals surface area contributed by atoms with Crippen LogP contribution in [0, 0.1) is 0 Å². The Balaban J connectivity index is 1.40. The van der Waals surface area contributed by atoms with Gasteiger partial charge in [0.1, 0.15) is 6.54 Å². The van der Waals surface area contributed by atoms with Gasteiger partial charge in [0.05, 0.1) is 17.2 Å². The molecular formula is C18H19N5O2S. The molecule has 1 saturated heterocycles. The Kier molecular flexibility index (Phi) is 4.66. The molecule has 1 N–H and O–H groups in total. The highest BCUT2D eigenvalue weighted by Gasteiger charge is 2.26. The van der Waals surface area contributed by atoms with E-state index in [4.69, 9.17) is 0 Å². The number of rotatable bonds is 5. The van der Waals surface area contributed by atoms with Gasteiger partial charge in [0, 0.05) is 30.7 Å². The Bertz CT molecular complexity index is 969. The minimum absolute atomic E-state index is 0.0271. The highest BCUT2D eigenvalue weighted by atomic mass is 32.1. The lowest BCUT2D eigenvalue weighted by Gasteiger charge is -2.24. The van der Waals surface area contributed by atoms with Crippen molar-refractivity contribution in [1.29, 1.82) is 0 Å². The summed E-state index contributed by atoms with van der Waals surface area (Å²) in [7, 11) is 0. The predicted molar refractivity (Wildman–Crippen MR) is 101 cm³/mol. The third-order valence-electron chi connectivity index (χ3n) is 4.62. The first-order valence-electron chi connectivity index (χ1n) is 8.59. The number of fused-ring (bicyclic) bond motifs is 1. The number of thiazole rings is 1. The van der Waals surface area contributed by atoms with Crippen molar-refractivity contribution in [2.45, 2.75) is 25.4 Å². The normalized spacial score (nSPS) is 16.9. The number of carbonyl (C=O) groups excluding carboxylic acids is 1. The first-order chi connectivity index (χ1) is 12.7. The van der Waals surface area contributed by atoms with Crippen molar-refractivity contribution in [3.63, 3.8) is 0 Å². The lowest BCUT2D eigenvalue weighted by atomic mass is 10.2. The van der Waals surface area contributed by atoms with E-state index in [-0.39, 0.29) is 24.1 Å². The van der Waals surface area contributed by atoms with Crippen LogP contribution in [-0.4, -0.2) is 39.6 Å². The van der Waals surface area contributed by atoms with Crippen molar-refractivity contribution in [3.05, 3.63) is 52.5 Å². The monoisotopic (exact) mass is 369 g/mol. The Morgan fingerprint density at radius 2 is 2.19 bits per heavy atom. The number of hydrogen-bond acceptors (Lipinski definition) is 6. The topological polar surface area (TPSA) is 80.1 Å². The molecule has 1 aromatic carbocycles. The molecule has 1 unspecified atom stereocenters. The van der Waals surface area contributed by atoms with E-state index < -0.39 is 0 Å². The summed E-state index contributed by atoms with van der Waals surface area (Å²) in [5.74, 6) is -0.185. The first-order valence-corrected chi connectivity index (χ1v) is 9.47. The Morgan fingerprint density at radius 3 is 3.04 bits per heavy atom. The molecule has 0 aliphatic carbocycles. The van der Waals surface area contributed by atoms with Crippen molar-refractivity contribution >= 4 is 33.3 Å². The average molecular weight is 369 g/mol. The summed E-state index contributed by atoms with van der Waals surface area (Å²) in [6.07, 6.45) is 5.35. The summed E-state index contributed by atoms with van der Waals surface area (Å²) in [5.41, 5.74) is 0.440. The van der Waals surface area contributed by atoms with Gasteiger partial charge in [-0.25, -0.2) is 9.97 Å². The fourth-order valence-electron chi connectivity index (χ4n) is 3.32. The number of amides is 1. The molecule has 1 aliphatic rings. The number of hydrogen-bond donors (Lipinski definition) is 1. The molecule has 26 heavy (non-hydrogen) atoms. The van der Waals surface area contributed by atoms with E-state index >= 15 is 0 Å². The highest BCUT2D eigenvalue weighted by molar-refractivity contribution is 7.13. The lowest BCUT2D eigenvalue weighted by molar-refractivity contribution is -0.121. The Morgan fingerprint density at radius 1 is 1.31 bits per heavy atom. The predicted octanol–water partition coefficient (Wildman–Crippen LogP) is 1.64. The SMILES string of the molecule is O=C(Cn1cnc2ccccc2c1=O)NCC1CCCN1c1nccs1. The van der Waals surface area contributed by atoms with Crippen LogP contribution in [0.3, 0.4) is 0 Å². The van der Waals surface area contributed by atoms with Crippen LogP contribution < -0.4 is 15.8 Å². The molecule has 1 fully saturated rings. The summed E-state index contributed by atoms with van der Waals surface area (Å²) in [6, 6.07) is 7.39. The van der Waals surface area contributed by atoms with Crippen LogP contribution in [0.15, 0.2) is 47.0 Å². The maximum Gasteiger partial charge on any atom is 0.261 e. The molecule has 0 spiro atoms. The molecule has 7 nitrogen and oxygen atoms in total. The minimum atomic E-state index is -0.198. The molecule has 1 aliphatic heterocycles. The quantitative estimate of drug-likeness (QED) is 0.740. The molecule has 1 atom stereocenters. The highest BCUT2D eigenvalue weighted by Crippen LogP contribution is 2.26. The van der Waals surface area contributed by atoms with Crippen molar-refractivity contribution in [3.8, 4) is 0 Å². The number of anilines is 1. The molecule has 0 saturated carbocycles. The van der Waals surface area contributed by atoms with E-state index in [0.717, 1.165) is 24.5 Å². The molecule has 4 rings (SSSR count). The van der Waals surface area contributed by atoms with Crippen molar-refractivity contribution in [2.24, 2.45) is 0 Å². The van der Waals surface area contributed by atoms with Crippen LogP contribution in [0.4, 0.5) is 5.13 Å². The summed E-state index contributed by atoms with van der Waals surface area (Å²) < 4.78 is 1.35. The first kappa shape index (κ1) is 16.7. The number of para-hydroxylation sites is 1. The molecule has 3 heterocycles. The summed E-state index contributed by atoms with van der Waals surface area (Å²) in [4.78, 5) is 35.6. The van der Waals surface area contributed by atoms with E-state index in [1.807, 2.05) is 11.4 Å². The molecule has 8 heteroatoms. The van der Waals surface area contributed by atoms with Crippen molar-refractivity contribution in [2.75, 3.05) is 18.0 Å². The van der Waals surface area contributed by atoms with E-state index in [1.165, 1.54) is 10.9 Å². The molecule has 1 amide bonds. The number of nitrogens with zero attached hydrogens (tertiary/aromatic N) is 4. The van der Waals surface area contributed by atoms with Gasteiger partial charge in [-0.3, -0.25) is 14.2 Å². The van der Waals surface area contributed by atoms with E-state index in [9.17, 15) is 9.59 Å². The van der Waals surface area contributed by atoms with Crippen LogP contribution in [0.25, 0.3) is 10.9 Å². The van der Waals surface area contributed by atoms with Gasteiger partial charge in [-0.2, -0.15) is 0 Å². The second-order valence-electron chi connectivity index (χ2n) is 6.30. The van der Waals surface area contributed by atoms with Gasteiger partial charge in [-0.1, -0.05) is 12.1 Å². The van der Waals surface area contributed by atoms with Crippen molar-refractivity contribution in [1.82, 2.24) is 19.9 Å². The van der Waals surface area contributed by atoms with Crippen molar-refractivity contribution < 1.29 is 4.79 Å². The molecule has 3 aromatic rings. The number of carbonyl (C=O) groups is 1. The van der Waals surface area contributed by atoms with E-state index in [2.05, 4.69) is 20.2 Å². The van der Waals surface area contributed by atoms with Crippen LogP contribution in [-0.2, 0) is 11.3 Å². The Labute approximate surface area is 154 Å². The molecule has 2 aromatic heterocycles. The largest absolute Gasteiger partial charge is 0.352 e. The minimum Gasteiger partial charge on any atom is -0.352 e. The summed E-state index contributed by atoms with van der Waals surface area (Å²) in [6.45, 7) is 1.48. The van der Waals surface area contributed by atoms with Crippen LogP contribution in [0.2, 0.25) is 0 Å². The van der Waals surface area contributed by atoms with Gasteiger partial charge >= 0.3 is 0 Å². The Hall–Kier alpha value is -2.74. The number of nitrogens with one attached hydrogen (secondary N) is 1. The van der Waals surface area contributed by atoms with Crippen LogP contribution in [0.1, 0.15) is 12.8 Å². The smallest absolute Gasteiger partial charge is 0.261 e. The van der Waals surface area contributed by atoms with Gasteiger partial charge in [-0.15, -0.1) is 11.3 Å². The van der Waals surface area contributed by atoms with E-state index in [1.54, 1.807) is 35.7 Å². The maximum absolute atomic E-state index is 12.5. The fourth-order valence-corrected chi connectivity index (χ4v) is 4.06. The van der Waals surface area contributed by atoms with Gasteiger partial charge in [0.25, 0.3) is 5.56 Å². The second-order valence-corrected chi connectivity index (χ2v) is 7.18. The van der Waals surface area contributed by atoms with Crippen LogP contribution in [0.5, 0.6) is 0 Å². The third kappa shape index (κ3) is 3.32. The molecule has 0 bridgehead atoms. The third-order valence-corrected chi connectivity index (χ3v) is 5.43. The zero-order valence-corrected chi connectivity index (χ0v) is 15.0. The standard InChI is InChI=1S/C18H19N5O2S/c24-16(11-22-12-21-15-6-2-1-5-14(15)17(22)25)20-10-13-4-3-8-23(13)18-19-7-9-26-18/h1-2,5-7,9,12-13H,3-4,8,10-11H2,(H,20,24). The van der Waals surface area contributed by atoms with Gasteiger partial charge in [0.15, 0.2) is 5.13 Å². The molecular weight excluding hydrogens is 350 g/mol.